The third-order valence-corrected chi connectivity index (χ3v) is 7.07. The van der Waals surface area contributed by atoms with Crippen molar-refractivity contribution in [1.82, 2.24) is 19.4 Å². The fourth-order valence-electron chi connectivity index (χ4n) is 2.30. The van der Waals surface area contributed by atoms with Crippen molar-refractivity contribution in [3.05, 3.63) is 23.9 Å². The first-order valence-corrected chi connectivity index (χ1v) is 9.03. The van der Waals surface area contributed by atoms with Crippen LogP contribution in [0, 0.1) is 6.92 Å². The van der Waals surface area contributed by atoms with Crippen LogP contribution in [0.5, 0.6) is 0 Å². The molecule has 0 radical (unpaired) electrons. The highest BCUT2D eigenvalue weighted by Crippen LogP contribution is 2.31. The molecule has 1 saturated heterocycles. The quantitative estimate of drug-likeness (QED) is 0.925. The Bertz CT molecular complexity index is 727. The SMILES string of the molecule is Cc1cc(-c2ccc(S(=O)(=O)N3CCN(C)CC3)s2)n[nH]1. The molecular formula is C13H18N4O2S2. The summed E-state index contributed by atoms with van der Waals surface area (Å²) in [6.07, 6.45) is 0. The van der Waals surface area contributed by atoms with Gasteiger partial charge in [-0.2, -0.15) is 9.40 Å². The molecule has 1 aliphatic rings. The van der Waals surface area contributed by atoms with E-state index in [1.165, 1.54) is 11.3 Å². The summed E-state index contributed by atoms with van der Waals surface area (Å²) in [4.78, 5) is 3.00. The Labute approximate surface area is 128 Å². The molecule has 1 fully saturated rings. The van der Waals surface area contributed by atoms with E-state index >= 15 is 0 Å². The van der Waals surface area contributed by atoms with Crippen LogP contribution in [0.1, 0.15) is 5.69 Å². The highest BCUT2D eigenvalue weighted by molar-refractivity contribution is 7.91. The van der Waals surface area contributed by atoms with E-state index in [2.05, 4.69) is 15.1 Å². The number of aryl methyl sites for hydroxylation is 1. The molecule has 0 unspecified atom stereocenters. The van der Waals surface area contributed by atoms with Crippen LogP contribution < -0.4 is 0 Å². The third-order valence-electron chi connectivity index (χ3n) is 3.60. The molecule has 8 heteroatoms. The van der Waals surface area contributed by atoms with Gasteiger partial charge in [-0.1, -0.05) is 0 Å². The van der Waals surface area contributed by atoms with Crippen molar-refractivity contribution in [1.29, 1.82) is 0 Å². The van der Waals surface area contributed by atoms with Crippen LogP contribution in [0.2, 0.25) is 0 Å². The Morgan fingerprint density at radius 3 is 2.57 bits per heavy atom. The molecule has 0 aliphatic carbocycles. The molecule has 114 valence electrons. The van der Waals surface area contributed by atoms with Crippen molar-refractivity contribution < 1.29 is 8.42 Å². The van der Waals surface area contributed by atoms with E-state index in [9.17, 15) is 8.42 Å². The van der Waals surface area contributed by atoms with Gasteiger partial charge in [0, 0.05) is 31.9 Å². The molecule has 2 aromatic heterocycles. The number of nitrogens with one attached hydrogen (secondary N) is 1. The van der Waals surface area contributed by atoms with Crippen LogP contribution >= 0.6 is 11.3 Å². The van der Waals surface area contributed by atoms with Crippen molar-refractivity contribution in [2.45, 2.75) is 11.1 Å². The number of hydrogen-bond donors (Lipinski definition) is 1. The summed E-state index contributed by atoms with van der Waals surface area (Å²) in [6.45, 7) is 4.57. The highest BCUT2D eigenvalue weighted by Gasteiger charge is 2.28. The van der Waals surface area contributed by atoms with Crippen LogP contribution in [0.25, 0.3) is 10.6 Å². The van der Waals surface area contributed by atoms with Gasteiger partial charge in [-0.25, -0.2) is 8.42 Å². The number of likely N-dealkylation sites (N-methyl/N-ethyl adjacent to an activating group) is 1. The Kier molecular flexibility index (Phi) is 3.87. The summed E-state index contributed by atoms with van der Waals surface area (Å²) in [5.41, 5.74) is 1.75. The zero-order valence-electron chi connectivity index (χ0n) is 12.0. The van der Waals surface area contributed by atoms with E-state index in [4.69, 9.17) is 0 Å². The smallest absolute Gasteiger partial charge is 0.252 e. The number of piperazine rings is 1. The van der Waals surface area contributed by atoms with E-state index in [0.717, 1.165) is 29.4 Å². The summed E-state index contributed by atoms with van der Waals surface area (Å²) in [6, 6.07) is 5.42. The first-order valence-electron chi connectivity index (χ1n) is 6.78. The lowest BCUT2D eigenvalue weighted by molar-refractivity contribution is 0.222. The molecule has 0 amide bonds. The molecule has 1 aliphatic heterocycles. The normalized spacial score (nSPS) is 18.2. The summed E-state index contributed by atoms with van der Waals surface area (Å²) in [5, 5.41) is 7.05. The number of rotatable bonds is 3. The molecule has 0 saturated carbocycles. The van der Waals surface area contributed by atoms with E-state index < -0.39 is 10.0 Å². The van der Waals surface area contributed by atoms with E-state index in [1.54, 1.807) is 10.4 Å². The minimum absolute atomic E-state index is 0.391. The second-order valence-corrected chi connectivity index (χ2v) is 8.51. The number of nitrogens with zero attached hydrogens (tertiary/aromatic N) is 3. The predicted octanol–water partition coefficient (Wildman–Crippen LogP) is 1.38. The highest BCUT2D eigenvalue weighted by atomic mass is 32.2. The standard InChI is InChI=1S/C13H18N4O2S2/c1-10-9-11(15-14-10)12-3-4-13(20-12)21(18,19)17-7-5-16(2)6-8-17/h3-4,9H,5-8H2,1-2H3,(H,14,15). The van der Waals surface area contributed by atoms with Gasteiger partial charge in [0.2, 0.25) is 0 Å². The number of aromatic amines is 1. The van der Waals surface area contributed by atoms with Crippen LogP contribution in [0.15, 0.2) is 22.4 Å². The second kappa shape index (κ2) is 5.53. The van der Waals surface area contributed by atoms with Crippen LogP contribution in [-0.2, 0) is 10.0 Å². The second-order valence-electron chi connectivity index (χ2n) is 5.26. The molecule has 0 aromatic carbocycles. The Morgan fingerprint density at radius 1 is 1.24 bits per heavy atom. The molecule has 0 atom stereocenters. The van der Waals surface area contributed by atoms with Gasteiger partial charge < -0.3 is 4.90 Å². The van der Waals surface area contributed by atoms with Gasteiger partial charge >= 0.3 is 0 Å². The monoisotopic (exact) mass is 326 g/mol. The molecule has 3 heterocycles. The van der Waals surface area contributed by atoms with Crippen LogP contribution in [-0.4, -0.2) is 61.0 Å². The van der Waals surface area contributed by atoms with E-state index in [0.29, 0.717) is 17.3 Å². The average Bonchev–Trinajstić information content (AvgIpc) is 3.08. The Hall–Kier alpha value is -1.22. The Morgan fingerprint density at radius 2 is 1.95 bits per heavy atom. The lowest BCUT2D eigenvalue weighted by Crippen LogP contribution is -2.46. The van der Waals surface area contributed by atoms with Gasteiger partial charge in [0.25, 0.3) is 10.0 Å². The molecule has 0 bridgehead atoms. The number of sulfonamides is 1. The maximum absolute atomic E-state index is 12.6. The van der Waals surface area contributed by atoms with Gasteiger partial charge in [-0.3, -0.25) is 5.10 Å². The third kappa shape index (κ3) is 2.89. The summed E-state index contributed by atoms with van der Waals surface area (Å²) in [7, 11) is -1.37. The predicted molar refractivity (Wildman–Crippen MR) is 82.9 cm³/mol. The number of hydrogen-bond acceptors (Lipinski definition) is 5. The molecule has 3 rings (SSSR count). The number of thiophene rings is 1. The zero-order chi connectivity index (χ0) is 15.0. The molecule has 1 N–H and O–H groups in total. The summed E-state index contributed by atoms with van der Waals surface area (Å²) in [5.74, 6) is 0. The average molecular weight is 326 g/mol. The largest absolute Gasteiger partial charge is 0.304 e. The van der Waals surface area contributed by atoms with Gasteiger partial charge in [0.1, 0.15) is 9.90 Å². The van der Waals surface area contributed by atoms with Gasteiger partial charge in [-0.15, -0.1) is 11.3 Å². The Balaban J connectivity index is 1.85. The fourth-order valence-corrected chi connectivity index (χ4v) is 5.14. The van der Waals surface area contributed by atoms with E-state index in [-0.39, 0.29) is 0 Å². The maximum atomic E-state index is 12.6. The van der Waals surface area contributed by atoms with Gasteiger partial charge in [-0.05, 0) is 32.2 Å². The van der Waals surface area contributed by atoms with Crippen molar-refractivity contribution in [2.24, 2.45) is 0 Å². The van der Waals surface area contributed by atoms with Gasteiger partial charge in [0.05, 0.1) is 4.88 Å². The minimum Gasteiger partial charge on any atom is -0.304 e. The molecular weight excluding hydrogens is 308 g/mol. The topological polar surface area (TPSA) is 69.3 Å². The molecule has 0 spiro atoms. The molecule has 2 aromatic rings. The van der Waals surface area contributed by atoms with E-state index in [1.807, 2.05) is 26.1 Å². The van der Waals surface area contributed by atoms with Crippen LogP contribution in [0.3, 0.4) is 0 Å². The fraction of sp³-hybridized carbons (Fsp3) is 0.462. The first kappa shape index (κ1) is 14.7. The molecule has 21 heavy (non-hydrogen) atoms. The van der Waals surface area contributed by atoms with Crippen molar-refractivity contribution in [2.75, 3.05) is 33.2 Å². The lowest BCUT2D eigenvalue weighted by atomic mass is 10.3. The van der Waals surface area contributed by atoms with Crippen molar-refractivity contribution in [3.63, 3.8) is 0 Å². The molecule has 6 nitrogen and oxygen atoms in total. The summed E-state index contributed by atoms with van der Waals surface area (Å²) >= 11 is 1.27. The maximum Gasteiger partial charge on any atom is 0.252 e. The number of aromatic nitrogens is 2. The minimum atomic E-state index is -3.38. The van der Waals surface area contributed by atoms with Crippen molar-refractivity contribution in [3.8, 4) is 10.6 Å². The zero-order valence-corrected chi connectivity index (χ0v) is 13.7. The van der Waals surface area contributed by atoms with Crippen molar-refractivity contribution >= 4 is 21.4 Å². The van der Waals surface area contributed by atoms with Crippen LogP contribution in [0.4, 0.5) is 0 Å². The summed E-state index contributed by atoms with van der Waals surface area (Å²) < 4.78 is 27.2. The van der Waals surface area contributed by atoms with Gasteiger partial charge in [0.15, 0.2) is 0 Å². The lowest BCUT2D eigenvalue weighted by Gasteiger charge is -2.31. The number of H-pyrrole nitrogens is 1. The first-order chi connectivity index (χ1) is 9.96.